The van der Waals surface area contributed by atoms with Crippen LogP contribution in [0.5, 0.6) is 0 Å². The van der Waals surface area contributed by atoms with Gasteiger partial charge in [-0.15, -0.1) is 0 Å². The Bertz CT molecular complexity index is 335. The summed E-state index contributed by atoms with van der Waals surface area (Å²) in [6, 6.07) is 0. The van der Waals surface area contributed by atoms with Crippen LogP contribution in [-0.4, -0.2) is 52.4 Å². The standard InChI is InChI=1S/C12H26NO4P/c1-10-6-5-7-11(8-10)12(14,18(15,16)17)9-13(2,3)4/h10-11,14H,5-9H2,1-4H3,(H-,15,16,17)/p+1. The molecule has 3 N–H and O–H groups in total. The maximum Gasteiger partial charge on any atom is 0.363 e. The van der Waals surface area contributed by atoms with Crippen LogP contribution in [0.3, 0.4) is 0 Å². The first kappa shape index (κ1) is 16.1. The van der Waals surface area contributed by atoms with Gasteiger partial charge in [-0.1, -0.05) is 19.8 Å². The number of nitrogens with zero attached hydrogens (tertiary/aromatic N) is 1. The Labute approximate surface area is 110 Å². The topological polar surface area (TPSA) is 77.8 Å². The molecule has 0 aromatic rings. The highest BCUT2D eigenvalue weighted by atomic mass is 31.2. The van der Waals surface area contributed by atoms with Crippen LogP contribution in [0, 0.1) is 11.8 Å². The van der Waals surface area contributed by atoms with Crippen molar-refractivity contribution in [1.29, 1.82) is 0 Å². The molecule has 3 atom stereocenters. The normalized spacial score (nSPS) is 29.9. The van der Waals surface area contributed by atoms with Gasteiger partial charge in [-0.05, 0) is 18.8 Å². The van der Waals surface area contributed by atoms with Crippen molar-refractivity contribution in [2.45, 2.75) is 37.9 Å². The Hall–Kier alpha value is 0.0700. The second-order valence-corrected chi connectivity index (χ2v) is 8.70. The van der Waals surface area contributed by atoms with Crippen LogP contribution >= 0.6 is 7.60 Å². The van der Waals surface area contributed by atoms with Gasteiger partial charge in [0.1, 0.15) is 6.54 Å². The van der Waals surface area contributed by atoms with Crippen LogP contribution in [0.4, 0.5) is 0 Å². The number of likely N-dealkylation sites (N-methyl/N-ethyl adjacent to an activating group) is 1. The highest BCUT2D eigenvalue weighted by molar-refractivity contribution is 7.53. The minimum atomic E-state index is -4.54. The van der Waals surface area contributed by atoms with Gasteiger partial charge in [0.25, 0.3) is 0 Å². The third kappa shape index (κ3) is 3.78. The molecule has 1 aliphatic rings. The first-order chi connectivity index (χ1) is 7.96. The summed E-state index contributed by atoms with van der Waals surface area (Å²) in [7, 11) is 0.981. The summed E-state index contributed by atoms with van der Waals surface area (Å²) in [6.45, 7) is 2.16. The van der Waals surface area contributed by atoms with Gasteiger partial charge in [-0.3, -0.25) is 4.57 Å². The van der Waals surface area contributed by atoms with Crippen molar-refractivity contribution in [2.75, 3.05) is 27.7 Å². The first-order valence-corrected chi connectivity index (χ1v) is 8.15. The van der Waals surface area contributed by atoms with E-state index in [1.807, 2.05) is 21.1 Å². The Balaban J connectivity index is 3.01. The average molecular weight is 280 g/mol. The van der Waals surface area contributed by atoms with Crippen molar-refractivity contribution < 1.29 is 23.9 Å². The van der Waals surface area contributed by atoms with E-state index in [-0.39, 0.29) is 12.5 Å². The summed E-state index contributed by atoms with van der Waals surface area (Å²) >= 11 is 0. The largest absolute Gasteiger partial charge is 0.373 e. The van der Waals surface area contributed by atoms with Gasteiger partial charge in [-0.2, -0.15) is 0 Å². The lowest BCUT2D eigenvalue weighted by molar-refractivity contribution is -0.875. The maximum atomic E-state index is 11.8. The number of quaternary nitrogens is 1. The molecule has 108 valence electrons. The lowest BCUT2D eigenvalue weighted by atomic mass is 9.79. The van der Waals surface area contributed by atoms with Gasteiger partial charge in [0, 0.05) is 5.92 Å². The van der Waals surface area contributed by atoms with Crippen LogP contribution in [0.2, 0.25) is 0 Å². The van der Waals surface area contributed by atoms with Crippen molar-refractivity contribution in [2.24, 2.45) is 11.8 Å². The molecule has 0 radical (unpaired) electrons. The van der Waals surface area contributed by atoms with Gasteiger partial charge in [0.15, 0.2) is 0 Å². The Morgan fingerprint density at radius 3 is 2.22 bits per heavy atom. The Morgan fingerprint density at radius 1 is 1.28 bits per heavy atom. The molecule has 0 aromatic heterocycles. The lowest BCUT2D eigenvalue weighted by Gasteiger charge is -2.43. The molecule has 0 aliphatic heterocycles. The molecule has 1 saturated carbocycles. The molecule has 0 saturated heterocycles. The Morgan fingerprint density at radius 2 is 1.83 bits per heavy atom. The predicted molar refractivity (Wildman–Crippen MR) is 71.0 cm³/mol. The molecule has 0 amide bonds. The second kappa shape index (κ2) is 5.22. The molecule has 1 fully saturated rings. The molecule has 6 heteroatoms. The van der Waals surface area contributed by atoms with E-state index < -0.39 is 12.9 Å². The van der Waals surface area contributed by atoms with Crippen molar-refractivity contribution in [3.05, 3.63) is 0 Å². The van der Waals surface area contributed by atoms with Gasteiger partial charge >= 0.3 is 7.60 Å². The molecular weight excluding hydrogens is 253 g/mol. The van der Waals surface area contributed by atoms with E-state index in [0.29, 0.717) is 23.2 Å². The fourth-order valence-corrected chi connectivity index (χ4v) is 4.33. The zero-order valence-electron chi connectivity index (χ0n) is 11.8. The zero-order valence-corrected chi connectivity index (χ0v) is 12.7. The third-order valence-corrected chi connectivity index (χ3v) is 5.32. The second-order valence-electron chi connectivity index (χ2n) is 6.84. The number of rotatable bonds is 4. The molecule has 0 bridgehead atoms. The van der Waals surface area contributed by atoms with Gasteiger partial charge < -0.3 is 19.4 Å². The number of hydrogen-bond acceptors (Lipinski definition) is 2. The monoisotopic (exact) mass is 280 g/mol. The fourth-order valence-electron chi connectivity index (χ4n) is 3.01. The Kier molecular flexibility index (Phi) is 4.67. The van der Waals surface area contributed by atoms with Crippen LogP contribution in [0.1, 0.15) is 32.6 Å². The zero-order chi connectivity index (χ0) is 14.2. The van der Waals surface area contributed by atoms with Crippen LogP contribution in [-0.2, 0) is 4.57 Å². The summed E-state index contributed by atoms with van der Waals surface area (Å²) in [5, 5.41) is 8.76. The van der Waals surface area contributed by atoms with E-state index in [0.717, 1.165) is 12.8 Å². The first-order valence-electron chi connectivity index (χ1n) is 6.54. The highest BCUT2D eigenvalue weighted by Crippen LogP contribution is 2.57. The highest BCUT2D eigenvalue weighted by Gasteiger charge is 2.55. The summed E-state index contributed by atoms with van der Waals surface area (Å²) in [5.41, 5.74) is 0. The molecule has 1 rings (SSSR count). The predicted octanol–water partition coefficient (Wildman–Crippen LogP) is 1.39. The SMILES string of the molecule is CC1CCCC(C(O)(C[N+](C)(C)C)P(=O)(O)O)C1. The summed E-state index contributed by atoms with van der Waals surface area (Å²) in [5.74, 6) is 0.119. The van der Waals surface area contributed by atoms with Crippen LogP contribution in [0.25, 0.3) is 0 Å². The average Bonchev–Trinajstić information content (AvgIpc) is 2.13. The minimum absolute atomic E-state index is 0.0780. The summed E-state index contributed by atoms with van der Waals surface area (Å²) in [4.78, 5) is 19.2. The van der Waals surface area contributed by atoms with Crippen molar-refractivity contribution >= 4 is 7.60 Å². The van der Waals surface area contributed by atoms with E-state index >= 15 is 0 Å². The molecule has 18 heavy (non-hydrogen) atoms. The van der Waals surface area contributed by atoms with Gasteiger partial charge in [0.05, 0.1) is 21.1 Å². The minimum Gasteiger partial charge on any atom is -0.373 e. The molecule has 5 nitrogen and oxygen atoms in total. The summed E-state index contributed by atoms with van der Waals surface area (Å²) < 4.78 is 12.1. The quantitative estimate of drug-likeness (QED) is 0.537. The maximum absolute atomic E-state index is 11.8. The third-order valence-electron chi connectivity index (χ3n) is 3.80. The lowest BCUT2D eigenvalue weighted by Crippen LogP contribution is -2.53. The van der Waals surface area contributed by atoms with E-state index in [9.17, 15) is 19.5 Å². The molecular formula is C12H27NO4P+. The smallest absolute Gasteiger partial charge is 0.363 e. The summed E-state index contributed by atoms with van der Waals surface area (Å²) in [6.07, 6.45) is 3.41. The van der Waals surface area contributed by atoms with Gasteiger partial charge in [0.2, 0.25) is 5.34 Å². The molecule has 0 spiro atoms. The molecule has 1 aliphatic carbocycles. The van der Waals surface area contributed by atoms with Crippen molar-refractivity contribution in [1.82, 2.24) is 0 Å². The fraction of sp³-hybridized carbons (Fsp3) is 1.00. The molecule has 0 aromatic carbocycles. The molecule has 3 unspecified atom stereocenters. The van der Waals surface area contributed by atoms with Gasteiger partial charge in [-0.25, -0.2) is 0 Å². The number of aliphatic hydroxyl groups is 1. The van der Waals surface area contributed by atoms with E-state index in [2.05, 4.69) is 6.92 Å². The van der Waals surface area contributed by atoms with Crippen LogP contribution < -0.4 is 0 Å². The van der Waals surface area contributed by atoms with Crippen molar-refractivity contribution in [3.63, 3.8) is 0 Å². The molecule has 0 heterocycles. The van der Waals surface area contributed by atoms with E-state index in [1.165, 1.54) is 0 Å². The number of hydrogen-bond donors (Lipinski definition) is 3. The van der Waals surface area contributed by atoms with Crippen LogP contribution in [0.15, 0.2) is 0 Å². The van der Waals surface area contributed by atoms with E-state index in [1.54, 1.807) is 0 Å². The van der Waals surface area contributed by atoms with E-state index in [4.69, 9.17) is 0 Å². The van der Waals surface area contributed by atoms with Crippen molar-refractivity contribution in [3.8, 4) is 0 Å².